The van der Waals surface area contributed by atoms with E-state index in [1.54, 1.807) is 39.8 Å². The van der Waals surface area contributed by atoms with E-state index in [0.29, 0.717) is 0 Å². The van der Waals surface area contributed by atoms with Crippen molar-refractivity contribution < 1.29 is 28.4 Å². The lowest BCUT2D eigenvalue weighted by atomic mass is 10.1. The average Bonchev–Trinajstić information content (AvgIpc) is 3.09. The molecule has 2 fully saturated rings. The van der Waals surface area contributed by atoms with Crippen LogP contribution >= 0.6 is 0 Å². The Kier molecular flexibility index (Phi) is 4.78. The average molecular weight is 360 g/mol. The summed E-state index contributed by atoms with van der Waals surface area (Å²) in [6.07, 6.45) is -1.33. The Morgan fingerprint density at radius 1 is 0.846 bits per heavy atom. The molecule has 3 rings (SSSR count). The number of hydrogen-bond donors (Lipinski definition) is 0. The van der Waals surface area contributed by atoms with Crippen LogP contribution < -0.4 is 9.47 Å². The molecule has 8 heteroatoms. The van der Waals surface area contributed by atoms with Crippen LogP contribution in [-0.2, 0) is 18.9 Å². The maximum absolute atomic E-state index is 9.51. The molecule has 2 aliphatic rings. The first-order valence-corrected chi connectivity index (χ1v) is 8.17. The van der Waals surface area contributed by atoms with Gasteiger partial charge in [0.05, 0.1) is 0 Å². The number of nitriles is 2. The standard InChI is InChI=1S/C18H20N2O6/c1-17(2)21-9-15(25-17)23-13-5-6-14(12(8-20)11(13)7-19)24-16-10-22-18(3,4)26-16/h5-6,15-16H,9-10H2,1-4H3. The van der Waals surface area contributed by atoms with Crippen LogP contribution in [0.15, 0.2) is 12.1 Å². The molecule has 0 amide bonds. The summed E-state index contributed by atoms with van der Waals surface area (Å²) >= 11 is 0. The molecule has 2 atom stereocenters. The topological polar surface area (TPSA) is 103 Å². The van der Waals surface area contributed by atoms with Gasteiger partial charge >= 0.3 is 0 Å². The van der Waals surface area contributed by atoms with Crippen molar-refractivity contribution in [2.45, 2.75) is 51.8 Å². The number of benzene rings is 1. The van der Waals surface area contributed by atoms with Gasteiger partial charge in [-0.3, -0.25) is 0 Å². The Morgan fingerprint density at radius 3 is 1.50 bits per heavy atom. The van der Waals surface area contributed by atoms with E-state index in [1.165, 1.54) is 0 Å². The van der Waals surface area contributed by atoms with Gasteiger partial charge in [0.1, 0.15) is 48.0 Å². The van der Waals surface area contributed by atoms with Crippen molar-refractivity contribution in [2.24, 2.45) is 0 Å². The second-order valence-electron chi connectivity index (χ2n) is 6.79. The van der Waals surface area contributed by atoms with E-state index in [9.17, 15) is 10.5 Å². The van der Waals surface area contributed by atoms with E-state index in [4.69, 9.17) is 28.4 Å². The molecule has 0 bridgehead atoms. The molecule has 138 valence electrons. The van der Waals surface area contributed by atoms with Crippen molar-refractivity contribution >= 4 is 0 Å². The van der Waals surface area contributed by atoms with Gasteiger partial charge < -0.3 is 28.4 Å². The predicted octanol–water partition coefficient (Wildman–Crippen LogP) is 2.41. The maximum atomic E-state index is 9.51. The zero-order valence-electron chi connectivity index (χ0n) is 15.1. The third-order valence-corrected chi connectivity index (χ3v) is 3.83. The Hall–Kier alpha value is -2.36. The molecular formula is C18H20N2O6. The van der Waals surface area contributed by atoms with E-state index in [-0.39, 0.29) is 35.8 Å². The van der Waals surface area contributed by atoms with Crippen LogP contribution in [0.2, 0.25) is 0 Å². The summed E-state index contributed by atoms with van der Waals surface area (Å²) in [5.74, 6) is -1.06. The lowest BCUT2D eigenvalue weighted by molar-refractivity contribution is -0.168. The number of hydrogen-bond acceptors (Lipinski definition) is 8. The fourth-order valence-electron chi connectivity index (χ4n) is 2.69. The van der Waals surface area contributed by atoms with Gasteiger partial charge in [0, 0.05) is 0 Å². The molecule has 0 aromatic heterocycles. The first-order chi connectivity index (χ1) is 12.2. The normalized spacial score (nSPS) is 26.1. The molecule has 1 aromatic carbocycles. The van der Waals surface area contributed by atoms with E-state index in [2.05, 4.69) is 0 Å². The van der Waals surface area contributed by atoms with Crippen LogP contribution in [0.1, 0.15) is 38.8 Å². The fourth-order valence-corrected chi connectivity index (χ4v) is 2.69. The van der Waals surface area contributed by atoms with E-state index >= 15 is 0 Å². The van der Waals surface area contributed by atoms with Crippen molar-refractivity contribution in [1.82, 2.24) is 0 Å². The highest BCUT2D eigenvalue weighted by molar-refractivity contribution is 5.60. The summed E-state index contributed by atoms with van der Waals surface area (Å²) in [5.41, 5.74) is 0.132. The molecule has 2 heterocycles. The van der Waals surface area contributed by atoms with Gasteiger partial charge in [-0.25, -0.2) is 0 Å². The van der Waals surface area contributed by atoms with Gasteiger partial charge in [0.2, 0.25) is 12.6 Å². The molecule has 2 unspecified atom stereocenters. The highest BCUT2D eigenvalue weighted by Gasteiger charge is 2.36. The molecule has 0 N–H and O–H groups in total. The summed E-state index contributed by atoms with van der Waals surface area (Å²) < 4.78 is 33.4. The summed E-state index contributed by atoms with van der Waals surface area (Å²) in [6, 6.07) is 7.11. The molecule has 0 radical (unpaired) electrons. The van der Waals surface area contributed by atoms with Crippen molar-refractivity contribution in [3.63, 3.8) is 0 Å². The summed E-state index contributed by atoms with van der Waals surface area (Å²) in [5, 5.41) is 19.0. The van der Waals surface area contributed by atoms with Crippen LogP contribution in [0.5, 0.6) is 11.5 Å². The van der Waals surface area contributed by atoms with Crippen molar-refractivity contribution in [2.75, 3.05) is 13.2 Å². The fraction of sp³-hybridized carbons (Fsp3) is 0.556. The Labute approximate surface area is 151 Å². The number of nitrogens with zero attached hydrogens (tertiary/aromatic N) is 2. The van der Waals surface area contributed by atoms with Crippen LogP contribution in [0.3, 0.4) is 0 Å². The monoisotopic (exact) mass is 360 g/mol. The summed E-state index contributed by atoms with van der Waals surface area (Å²) in [6.45, 7) is 7.52. The highest BCUT2D eigenvalue weighted by atomic mass is 16.8. The molecule has 0 saturated carbocycles. The molecule has 2 saturated heterocycles. The van der Waals surface area contributed by atoms with Gasteiger partial charge in [0.25, 0.3) is 0 Å². The highest BCUT2D eigenvalue weighted by Crippen LogP contribution is 2.34. The summed E-state index contributed by atoms with van der Waals surface area (Å²) in [7, 11) is 0. The van der Waals surface area contributed by atoms with Crippen molar-refractivity contribution in [1.29, 1.82) is 10.5 Å². The first-order valence-electron chi connectivity index (χ1n) is 8.17. The second kappa shape index (κ2) is 6.75. The van der Waals surface area contributed by atoms with E-state index in [1.807, 2.05) is 12.1 Å². The lowest BCUT2D eigenvalue weighted by Gasteiger charge is -2.20. The molecule has 1 aromatic rings. The molecule has 0 spiro atoms. The zero-order chi connectivity index (χ0) is 18.9. The largest absolute Gasteiger partial charge is 0.461 e. The molecule has 0 aliphatic carbocycles. The quantitative estimate of drug-likeness (QED) is 0.806. The van der Waals surface area contributed by atoms with Crippen molar-refractivity contribution in [3.05, 3.63) is 23.3 Å². The number of ether oxygens (including phenoxy) is 6. The van der Waals surface area contributed by atoms with Gasteiger partial charge in [0.15, 0.2) is 11.6 Å². The summed E-state index contributed by atoms with van der Waals surface area (Å²) in [4.78, 5) is 0. The predicted molar refractivity (Wildman–Crippen MR) is 86.9 cm³/mol. The smallest absolute Gasteiger partial charge is 0.226 e. The minimum absolute atomic E-state index is 0.0662. The molecule has 8 nitrogen and oxygen atoms in total. The van der Waals surface area contributed by atoms with Crippen LogP contribution in [0, 0.1) is 22.7 Å². The van der Waals surface area contributed by atoms with E-state index < -0.39 is 24.2 Å². The third kappa shape index (κ3) is 3.90. The maximum Gasteiger partial charge on any atom is 0.226 e. The van der Waals surface area contributed by atoms with Crippen LogP contribution in [0.4, 0.5) is 0 Å². The van der Waals surface area contributed by atoms with Gasteiger partial charge in [-0.15, -0.1) is 0 Å². The Bertz CT molecular complexity index is 712. The Morgan fingerprint density at radius 2 is 1.23 bits per heavy atom. The first kappa shape index (κ1) is 18.4. The van der Waals surface area contributed by atoms with Gasteiger partial charge in [-0.05, 0) is 39.8 Å². The van der Waals surface area contributed by atoms with Gasteiger partial charge in [-0.1, -0.05) is 0 Å². The number of rotatable bonds is 4. The second-order valence-corrected chi connectivity index (χ2v) is 6.79. The van der Waals surface area contributed by atoms with Crippen LogP contribution in [0.25, 0.3) is 0 Å². The van der Waals surface area contributed by atoms with Gasteiger partial charge in [-0.2, -0.15) is 10.5 Å². The minimum Gasteiger partial charge on any atom is -0.461 e. The third-order valence-electron chi connectivity index (χ3n) is 3.83. The zero-order valence-corrected chi connectivity index (χ0v) is 15.1. The van der Waals surface area contributed by atoms with E-state index in [0.717, 1.165) is 0 Å². The Balaban J connectivity index is 1.81. The molecule has 26 heavy (non-hydrogen) atoms. The minimum atomic E-state index is -0.759. The SMILES string of the molecule is CC1(C)OCC(Oc2ccc(OC3COC(C)(C)O3)c(C#N)c2C#N)O1. The molecular weight excluding hydrogens is 340 g/mol. The lowest BCUT2D eigenvalue weighted by Crippen LogP contribution is -2.25. The molecule has 2 aliphatic heterocycles. The van der Waals surface area contributed by atoms with Crippen LogP contribution in [-0.4, -0.2) is 37.4 Å². The van der Waals surface area contributed by atoms with Crippen molar-refractivity contribution in [3.8, 4) is 23.6 Å².